The van der Waals surface area contributed by atoms with Crippen LogP contribution < -0.4 is 5.32 Å². The van der Waals surface area contributed by atoms with Crippen molar-refractivity contribution in [2.24, 2.45) is 0 Å². The Labute approximate surface area is 111 Å². The lowest BCUT2D eigenvalue weighted by Crippen LogP contribution is -2.27. The number of halogens is 1. The smallest absolute Gasteiger partial charge is 0.267 e. The average Bonchev–Trinajstić information content (AvgIpc) is 2.77. The second-order valence-electron chi connectivity index (χ2n) is 4.83. The third-order valence-electron chi connectivity index (χ3n) is 2.90. The number of carbonyl (C=O) groups excluding carboxylic acids is 1. The zero-order valence-corrected chi connectivity index (χ0v) is 11.2. The number of amides is 1. The van der Waals surface area contributed by atoms with Crippen molar-refractivity contribution < 1.29 is 9.18 Å². The minimum atomic E-state index is -0.301. The Morgan fingerprint density at radius 2 is 2.16 bits per heavy atom. The highest BCUT2D eigenvalue weighted by Crippen LogP contribution is 2.16. The number of nitrogens with one attached hydrogen (secondary N) is 2. The van der Waals surface area contributed by atoms with Gasteiger partial charge in [-0.15, -0.1) is 0 Å². The highest BCUT2D eigenvalue weighted by atomic mass is 19.1. The van der Waals surface area contributed by atoms with E-state index in [0.717, 1.165) is 18.5 Å². The number of H-pyrrole nitrogens is 1. The molecule has 0 aliphatic carbocycles. The van der Waals surface area contributed by atoms with Crippen molar-refractivity contribution in [2.75, 3.05) is 27.2 Å². The minimum absolute atomic E-state index is 0.157. The lowest BCUT2D eigenvalue weighted by molar-refractivity contribution is 0.0948. The summed E-state index contributed by atoms with van der Waals surface area (Å²) in [5.74, 6) is -0.459. The number of aromatic amines is 1. The molecule has 0 saturated heterocycles. The van der Waals surface area contributed by atoms with E-state index in [-0.39, 0.29) is 11.7 Å². The highest BCUT2D eigenvalue weighted by molar-refractivity contribution is 5.97. The average molecular weight is 263 g/mol. The Morgan fingerprint density at radius 1 is 1.37 bits per heavy atom. The standard InChI is InChI=1S/C14H18FN3O/c1-18(2)7-3-6-16-14(19)13-9-10-8-11(15)4-5-12(10)17-13/h4-5,8-9,17H,3,6-7H2,1-2H3,(H,16,19). The molecular formula is C14H18FN3O. The monoisotopic (exact) mass is 263 g/mol. The lowest BCUT2D eigenvalue weighted by Gasteiger charge is -2.09. The molecule has 1 aromatic carbocycles. The molecule has 0 unspecified atom stereocenters. The third-order valence-corrected chi connectivity index (χ3v) is 2.90. The van der Waals surface area contributed by atoms with Gasteiger partial charge in [-0.1, -0.05) is 0 Å². The van der Waals surface area contributed by atoms with Gasteiger partial charge in [-0.05, 0) is 51.3 Å². The number of nitrogens with zero attached hydrogens (tertiary/aromatic N) is 1. The Balaban J connectivity index is 1.97. The SMILES string of the molecule is CN(C)CCCNC(=O)c1cc2cc(F)ccc2[nH]1. The van der Waals surface area contributed by atoms with Crippen LogP contribution in [0.4, 0.5) is 4.39 Å². The summed E-state index contributed by atoms with van der Waals surface area (Å²) in [6, 6.07) is 6.08. The van der Waals surface area contributed by atoms with Crippen molar-refractivity contribution in [1.29, 1.82) is 0 Å². The zero-order chi connectivity index (χ0) is 13.8. The van der Waals surface area contributed by atoms with Gasteiger partial charge >= 0.3 is 0 Å². The van der Waals surface area contributed by atoms with E-state index in [4.69, 9.17) is 0 Å². The van der Waals surface area contributed by atoms with Crippen molar-refractivity contribution in [1.82, 2.24) is 15.2 Å². The van der Waals surface area contributed by atoms with Crippen LogP contribution in [0.1, 0.15) is 16.9 Å². The number of benzene rings is 1. The van der Waals surface area contributed by atoms with Gasteiger partial charge in [0, 0.05) is 17.4 Å². The van der Waals surface area contributed by atoms with Crippen LogP contribution >= 0.6 is 0 Å². The molecule has 5 heteroatoms. The maximum absolute atomic E-state index is 13.1. The Kier molecular flexibility index (Phi) is 4.16. The maximum atomic E-state index is 13.1. The summed E-state index contributed by atoms with van der Waals surface area (Å²) in [4.78, 5) is 16.9. The first-order valence-corrected chi connectivity index (χ1v) is 6.27. The van der Waals surface area contributed by atoms with Gasteiger partial charge in [-0.25, -0.2) is 4.39 Å². The molecule has 0 saturated carbocycles. The summed E-state index contributed by atoms with van der Waals surface area (Å²) in [5.41, 5.74) is 1.23. The van der Waals surface area contributed by atoms with Crippen molar-refractivity contribution in [3.8, 4) is 0 Å². The fourth-order valence-electron chi connectivity index (χ4n) is 1.92. The van der Waals surface area contributed by atoms with Crippen LogP contribution in [0.5, 0.6) is 0 Å². The van der Waals surface area contributed by atoms with Gasteiger partial charge < -0.3 is 15.2 Å². The lowest BCUT2D eigenvalue weighted by atomic mass is 10.2. The Bertz CT molecular complexity index is 577. The van der Waals surface area contributed by atoms with Gasteiger partial charge in [-0.3, -0.25) is 4.79 Å². The van der Waals surface area contributed by atoms with E-state index >= 15 is 0 Å². The number of hydrogen-bond acceptors (Lipinski definition) is 2. The van der Waals surface area contributed by atoms with Crippen molar-refractivity contribution >= 4 is 16.8 Å². The van der Waals surface area contributed by atoms with E-state index in [1.54, 1.807) is 12.1 Å². The molecule has 0 bridgehead atoms. The number of aromatic nitrogens is 1. The molecule has 19 heavy (non-hydrogen) atoms. The molecular weight excluding hydrogens is 245 g/mol. The zero-order valence-electron chi connectivity index (χ0n) is 11.2. The first kappa shape index (κ1) is 13.5. The number of carbonyl (C=O) groups is 1. The number of fused-ring (bicyclic) bond motifs is 1. The predicted octanol–water partition coefficient (Wildman–Crippen LogP) is 1.99. The van der Waals surface area contributed by atoms with Gasteiger partial charge in [0.05, 0.1) is 0 Å². The first-order valence-electron chi connectivity index (χ1n) is 6.27. The van der Waals surface area contributed by atoms with E-state index in [1.165, 1.54) is 12.1 Å². The van der Waals surface area contributed by atoms with Gasteiger partial charge in [-0.2, -0.15) is 0 Å². The van der Waals surface area contributed by atoms with Crippen LogP contribution in [0.3, 0.4) is 0 Å². The van der Waals surface area contributed by atoms with Gasteiger partial charge in [0.1, 0.15) is 11.5 Å². The molecule has 0 radical (unpaired) electrons. The van der Waals surface area contributed by atoms with Gasteiger partial charge in [0.15, 0.2) is 0 Å². The molecule has 1 amide bonds. The maximum Gasteiger partial charge on any atom is 0.267 e. The minimum Gasteiger partial charge on any atom is -0.351 e. The molecule has 1 heterocycles. The second kappa shape index (κ2) is 5.84. The molecule has 102 valence electrons. The molecule has 0 fully saturated rings. The molecule has 0 aliphatic heterocycles. The predicted molar refractivity (Wildman–Crippen MR) is 73.8 cm³/mol. The fraction of sp³-hybridized carbons (Fsp3) is 0.357. The Morgan fingerprint density at radius 3 is 2.89 bits per heavy atom. The van der Waals surface area contributed by atoms with Crippen molar-refractivity contribution in [3.63, 3.8) is 0 Å². The summed E-state index contributed by atoms with van der Waals surface area (Å²) in [6.07, 6.45) is 0.896. The normalized spacial score (nSPS) is 11.2. The van der Waals surface area contributed by atoms with Crippen LogP contribution in [0, 0.1) is 5.82 Å². The van der Waals surface area contributed by atoms with E-state index in [9.17, 15) is 9.18 Å². The van der Waals surface area contributed by atoms with Crippen LogP contribution in [0.25, 0.3) is 10.9 Å². The van der Waals surface area contributed by atoms with Crippen LogP contribution in [0.15, 0.2) is 24.3 Å². The first-order chi connectivity index (χ1) is 9.06. The van der Waals surface area contributed by atoms with E-state index in [0.29, 0.717) is 17.6 Å². The highest BCUT2D eigenvalue weighted by Gasteiger charge is 2.09. The second-order valence-corrected chi connectivity index (χ2v) is 4.83. The fourth-order valence-corrected chi connectivity index (χ4v) is 1.92. The molecule has 4 nitrogen and oxygen atoms in total. The molecule has 1 aromatic heterocycles. The molecule has 2 N–H and O–H groups in total. The topological polar surface area (TPSA) is 48.1 Å². The van der Waals surface area contributed by atoms with Crippen molar-refractivity contribution in [2.45, 2.75) is 6.42 Å². The summed E-state index contributed by atoms with van der Waals surface area (Å²) >= 11 is 0. The van der Waals surface area contributed by atoms with Crippen LogP contribution in [0.2, 0.25) is 0 Å². The molecule has 0 aliphatic rings. The van der Waals surface area contributed by atoms with E-state index < -0.39 is 0 Å². The third kappa shape index (κ3) is 3.54. The van der Waals surface area contributed by atoms with Crippen LogP contribution in [-0.2, 0) is 0 Å². The van der Waals surface area contributed by atoms with Crippen LogP contribution in [-0.4, -0.2) is 43.0 Å². The van der Waals surface area contributed by atoms with Crippen molar-refractivity contribution in [3.05, 3.63) is 35.8 Å². The molecule has 0 spiro atoms. The van der Waals surface area contributed by atoms with Gasteiger partial charge in [0.2, 0.25) is 0 Å². The molecule has 0 atom stereocenters. The van der Waals surface area contributed by atoms with Gasteiger partial charge in [0.25, 0.3) is 5.91 Å². The summed E-state index contributed by atoms with van der Waals surface area (Å²) in [6.45, 7) is 1.55. The molecule has 2 rings (SSSR count). The Hall–Kier alpha value is -1.88. The largest absolute Gasteiger partial charge is 0.351 e. The summed E-state index contributed by atoms with van der Waals surface area (Å²) in [7, 11) is 3.99. The molecule has 2 aromatic rings. The number of rotatable bonds is 5. The summed E-state index contributed by atoms with van der Waals surface area (Å²) < 4.78 is 13.1. The van der Waals surface area contributed by atoms with E-state index in [1.807, 2.05) is 14.1 Å². The number of hydrogen-bond donors (Lipinski definition) is 2. The van der Waals surface area contributed by atoms with E-state index in [2.05, 4.69) is 15.2 Å². The quantitative estimate of drug-likeness (QED) is 0.810. The summed E-state index contributed by atoms with van der Waals surface area (Å²) in [5, 5.41) is 3.55.